The molecule has 1 aliphatic rings. The van der Waals surface area contributed by atoms with Crippen molar-refractivity contribution in [1.29, 1.82) is 0 Å². The number of rotatable bonds is 4. The van der Waals surface area contributed by atoms with Crippen LogP contribution in [0.2, 0.25) is 0 Å². The Kier molecular flexibility index (Phi) is 3.87. The van der Waals surface area contributed by atoms with Gasteiger partial charge in [-0.2, -0.15) is 0 Å². The first-order chi connectivity index (χ1) is 7.38. The van der Waals surface area contributed by atoms with Crippen LogP contribution in [-0.4, -0.2) is 19.3 Å². The quantitative estimate of drug-likeness (QED) is 0.796. The molecule has 3 heteroatoms. The molecule has 0 saturated carbocycles. The minimum Gasteiger partial charge on any atom is -0.382 e. The lowest BCUT2D eigenvalue weighted by Gasteiger charge is -2.11. The van der Waals surface area contributed by atoms with Crippen molar-refractivity contribution in [3.05, 3.63) is 29.8 Å². The van der Waals surface area contributed by atoms with Crippen molar-refractivity contribution in [2.75, 3.05) is 18.5 Å². The predicted octanol–water partition coefficient (Wildman–Crippen LogP) is 3.02. The SMILES string of the molecule is ClCc1ccc(NCC2CCCO2)cc1. The van der Waals surface area contributed by atoms with Crippen LogP contribution >= 0.6 is 11.6 Å². The Morgan fingerprint density at radius 2 is 2.13 bits per heavy atom. The van der Waals surface area contributed by atoms with Crippen LogP contribution in [0.15, 0.2) is 24.3 Å². The van der Waals surface area contributed by atoms with E-state index in [0.29, 0.717) is 12.0 Å². The van der Waals surface area contributed by atoms with Gasteiger partial charge in [0, 0.05) is 24.7 Å². The molecule has 82 valence electrons. The molecule has 1 aromatic rings. The van der Waals surface area contributed by atoms with Crippen LogP contribution in [0.25, 0.3) is 0 Å². The number of nitrogens with one attached hydrogen (secondary N) is 1. The van der Waals surface area contributed by atoms with E-state index in [-0.39, 0.29) is 0 Å². The summed E-state index contributed by atoms with van der Waals surface area (Å²) in [4.78, 5) is 0. The van der Waals surface area contributed by atoms with Crippen LogP contribution < -0.4 is 5.32 Å². The largest absolute Gasteiger partial charge is 0.382 e. The van der Waals surface area contributed by atoms with Crippen LogP contribution in [0.5, 0.6) is 0 Å². The second kappa shape index (κ2) is 5.38. The van der Waals surface area contributed by atoms with Gasteiger partial charge in [-0.3, -0.25) is 0 Å². The zero-order valence-corrected chi connectivity index (χ0v) is 9.46. The Balaban J connectivity index is 1.82. The summed E-state index contributed by atoms with van der Waals surface area (Å²) >= 11 is 5.72. The highest BCUT2D eigenvalue weighted by molar-refractivity contribution is 6.17. The fourth-order valence-corrected chi connectivity index (χ4v) is 1.93. The Morgan fingerprint density at radius 1 is 1.33 bits per heavy atom. The number of hydrogen-bond acceptors (Lipinski definition) is 2. The van der Waals surface area contributed by atoms with Crippen LogP contribution in [0.4, 0.5) is 5.69 Å². The molecular weight excluding hydrogens is 210 g/mol. The molecule has 0 aromatic heterocycles. The fourth-order valence-electron chi connectivity index (χ4n) is 1.75. The van der Waals surface area contributed by atoms with E-state index in [1.807, 2.05) is 12.1 Å². The van der Waals surface area contributed by atoms with E-state index in [9.17, 15) is 0 Å². The summed E-state index contributed by atoms with van der Waals surface area (Å²) in [5.74, 6) is 0.575. The summed E-state index contributed by atoms with van der Waals surface area (Å²) in [7, 11) is 0. The Labute approximate surface area is 95.6 Å². The molecule has 0 bridgehead atoms. The molecule has 1 heterocycles. The summed E-state index contributed by atoms with van der Waals surface area (Å²) in [6.45, 7) is 1.82. The van der Waals surface area contributed by atoms with Crippen molar-refractivity contribution in [2.24, 2.45) is 0 Å². The minimum absolute atomic E-state index is 0.387. The standard InChI is InChI=1S/C12H16ClNO/c13-8-10-3-5-11(6-4-10)14-9-12-2-1-7-15-12/h3-6,12,14H,1-2,7-9H2. The number of halogens is 1. The molecule has 2 nitrogen and oxygen atoms in total. The van der Waals surface area contributed by atoms with E-state index >= 15 is 0 Å². The molecule has 0 aliphatic carbocycles. The van der Waals surface area contributed by atoms with E-state index in [1.54, 1.807) is 0 Å². The normalized spacial score (nSPS) is 20.5. The third-order valence-electron chi connectivity index (χ3n) is 2.67. The van der Waals surface area contributed by atoms with Crippen molar-refractivity contribution in [2.45, 2.75) is 24.8 Å². The molecule has 1 fully saturated rings. The predicted molar refractivity (Wildman–Crippen MR) is 63.5 cm³/mol. The lowest BCUT2D eigenvalue weighted by atomic mass is 10.2. The van der Waals surface area contributed by atoms with Gasteiger partial charge in [-0.1, -0.05) is 12.1 Å². The molecule has 1 unspecified atom stereocenters. The van der Waals surface area contributed by atoms with Crippen LogP contribution in [0.1, 0.15) is 18.4 Å². The number of hydrogen-bond donors (Lipinski definition) is 1. The Bertz CT molecular complexity index is 293. The zero-order valence-electron chi connectivity index (χ0n) is 8.71. The first-order valence-electron chi connectivity index (χ1n) is 5.39. The maximum Gasteiger partial charge on any atom is 0.0748 e. The summed E-state index contributed by atoms with van der Waals surface area (Å²) in [5, 5.41) is 3.37. The summed E-state index contributed by atoms with van der Waals surface area (Å²) in [6.07, 6.45) is 2.75. The molecule has 2 rings (SSSR count). The smallest absolute Gasteiger partial charge is 0.0748 e. The van der Waals surface area contributed by atoms with Crippen LogP contribution in [0.3, 0.4) is 0 Å². The number of benzene rings is 1. The van der Waals surface area contributed by atoms with Gasteiger partial charge in [0.2, 0.25) is 0 Å². The molecule has 0 amide bonds. The molecule has 1 atom stereocenters. The first kappa shape index (κ1) is 10.8. The van der Waals surface area contributed by atoms with Gasteiger partial charge in [0.15, 0.2) is 0 Å². The molecule has 0 radical (unpaired) electrons. The zero-order chi connectivity index (χ0) is 10.5. The Hall–Kier alpha value is -0.730. The average Bonchev–Trinajstić information content (AvgIpc) is 2.80. The molecule has 1 aromatic carbocycles. The monoisotopic (exact) mass is 225 g/mol. The maximum atomic E-state index is 5.72. The van der Waals surface area contributed by atoms with Gasteiger partial charge in [-0.25, -0.2) is 0 Å². The van der Waals surface area contributed by atoms with Crippen molar-refractivity contribution >= 4 is 17.3 Å². The second-order valence-corrected chi connectivity index (χ2v) is 4.11. The van der Waals surface area contributed by atoms with Gasteiger partial charge >= 0.3 is 0 Å². The number of ether oxygens (including phenoxy) is 1. The van der Waals surface area contributed by atoms with Gasteiger partial charge in [0.25, 0.3) is 0 Å². The molecule has 1 aliphatic heterocycles. The first-order valence-corrected chi connectivity index (χ1v) is 5.92. The lowest BCUT2D eigenvalue weighted by Crippen LogP contribution is -2.18. The third-order valence-corrected chi connectivity index (χ3v) is 2.97. The summed E-state index contributed by atoms with van der Waals surface area (Å²) < 4.78 is 5.54. The van der Waals surface area contributed by atoms with E-state index in [0.717, 1.165) is 24.4 Å². The highest BCUT2D eigenvalue weighted by Gasteiger charge is 2.14. The van der Waals surface area contributed by atoms with Gasteiger partial charge in [-0.05, 0) is 30.5 Å². The minimum atomic E-state index is 0.387. The van der Waals surface area contributed by atoms with E-state index in [1.165, 1.54) is 12.8 Å². The molecule has 1 N–H and O–H groups in total. The fraction of sp³-hybridized carbons (Fsp3) is 0.500. The van der Waals surface area contributed by atoms with Gasteiger partial charge in [0.05, 0.1) is 6.10 Å². The molecule has 1 saturated heterocycles. The van der Waals surface area contributed by atoms with Crippen molar-refractivity contribution in [1.82, 2.24) is 0 Å². The Morgan fingerprint density at radius 3 is 2.73 bits per heavy atom. The third kappa shape index (κ3) is 3.11. The van der Waals surface area contributed by atoms with Gasteiger partial charge < -0.3 is 10.1 Å². The number of anilines is 1. The van der Waals surface area contributed by atoms with Crippen molar-refractivity contribution in [3.63, 3.8) is 0 Å². The lowest BCUT2D eigenvalue weighted by molar-refractivity contribution is 0.120. The van der Waals surface area contributed by atoms with Crippen LogP contribution in [0, 0.1) is 0 Å². The number of alkyl halides is 1. The van der Waals surface area contributed by atoms with Crippen molar-refractivity contribution in [3.8, 4) is 0 Å². The van der Waals surface area contributed by atoms with E-state index in [2.05, 4.69) is 17.4 Å². The summed E-state index contributed by atoms with van der Waals surface area (Å²) in [6, 6.07) is 8.22. The molecular formula is C12H16ClNO. The molecule has 0 spiro atoms. The average molecular weight is 226 g/mol. The van der Waals surface area contributed by atoms with E-state index < -0.39 is 0 Å². The van der Waals surface area contributed by atoms with Crippen molar-refractivity contribution < 1.29 is 4.74 Å². The topological polar surface area (TPSA) is 21.3 Å². The van der Waals surface area contributed by atoms with Gasteiger partial charge in [-0.15, -0.1) is 11.6 Å². The van der Waals surface area contributed by atoms with Crippen LogP contribution in [-0.2, 0) is 10.6 Å². The second-order valence-electron chi connectivity index (χ2n) is 3.85. The highest BCUT2D eigenvalue weighted by atomic mass is 35.5. The molecule has 15 heavy (non-hydrogen) atoms. The highest BCUT2D eigenvalue weighted by Crippen LogP contribution is 2.15. The van der Waals surface area contributed by atoms with E-state index in [4.69, 9.17) is 16.3 Å². The van der Waals surface area contributed by atoms with Gasteiger partial charge in [0.1, 0.15) is 0 Å². The maximum absolute atomic E-state index is 5.72. The summed E-state index contributed by atoms with van der Waals surface area (Å²) in [5.41, 5.74) is 2.29.